The van der Waals surface area contributed by atoms with E-state index in [4.69, 9.17) is 0 Å². The summed E-state index contributed by atoms with van der Waals surface area (Å²) >= 11 is 3.41. The van der Waals surface area contributed by atoms with Gasteiger partial charge in [-0.25, -0.2) is 4.39 Å². The second-order valence-corrected chi connectivity index (χ2v) is 6.13. The van der Waals surface area contributed by atoms with Gasteiger partial charge in [0.2, 0.25) is 0 Å². The fourth-order valence-corrected chi connectivity index (χ4v) is 3.13. The second-order valence-electron chi connectivity index (χ2n) is 5.21. The maximum absolute atomic E-state index is 14.0. The van der Waals surface area contributed by atoms with Crippen LogP contribution in [-0.4, -0.2) is 29.5 Å². The largest absolute Gasteiger partial charge is 0.314 e. The van der Waals surface area contributed by atoms with Crippen LogP contribution in [0.5, 0.6) is 0 Å². The monoisotopic (exact) mass is 385 g/mol. The summed E-state index contributed by atoms with van der Waals surface area (Å²) in [7, 11) is 0. The van der Waals surface area contributed by atoms with Crippen molar-refractivity contribution in [3.63, 3.8) is 0 Å². The first-order chi connectivity index (χ1) is 10.2. The van der Waals surface area contributed by atoms with E-state index in [-0.39, 0.29) is 24.3 Å². The summed E-state index contributed by atoms with van der Waals surface area (Å²) in [6.07, 6.45) is 3.67. The Balaban J connectivity index is 0.00000176. The van der Waals surface area contributed by atoms with Gasteiger partial charge in [0, 0.05) is 54.7 Å². The molecule has 1 saturated heterocycles. The summed E-state index contributed by atoms with van der Waals surface area (Å²) in [4.78, 5) is 6.50. The Bertz CT molecular complexity index is 612. The number of aromatic nitrogens is 1. The summed E-state index contributed by atoms with van der Waals surface area (Å²) in [5.74, 6) is -0.151. The van der Waals surface area contributed by atoms with Crippen molar-refractivity contribution in [2.75, 3.05) is 19.6 Å². The van der Waals surface area contributed by atoms with Crippen molar-refractivity contribution in [2.45, 2.75) is 12.6 Å². The number of pyridine rings is 1. The SMILES string of the molecule is Cl.Fc1ccc(Br)cc1CN1CCNCC1c1cccnc1. The van der Waals surface area contributed by atoms with Gasteiger partial charge in [-0.15, -0.1) is 12.4 Å². The minimum Gasteiger partial charge on any atom is -0.314 e. The topological polar surface area (TPSA) is 28.2 Å². The zero-order valence-corrected chi connectivity index (χ0v) is 14.4. The maximum Gasteiger partial charge on any atom is 0.127 e. The van der Waals surface area contributed by atoms with Crippen LogP contribution in [0.25, 0.3) is 0 Å². The van der Waals surface area contributed by atoms with Crippen LogP contribution in [0.2, 0.25) is 0 Å². The Hall–Kier alpha value is -1.01. The molecule has 2 aromatic rings. The first-order valence-electron chi connectivity index (χ1n) is 7.02. The van der Waals surface area contributed by atoms with E-state index in [1.807, 2.05) is 18.3 Å². The van der Waals surface area contributed by atoms with Crippen LogP contribution >= 0.6 is 28.3 Å². The number of hydrogen-bond acceptors (Lipinski definition) is 3. The van der Waals surface area contributed by atoms with Gasteiger partial charge in [-0.2, -0.15) is 0 Å². The van der Waals surface area contributed by atoms with Gasteiger partial charge in [-0.3, -0.25) is 9.88 Å². The van der Waals surface area contributed by atoms with Crippen molar-refractivity contribution >= 4 is 28.3 Å². The molecule has 0 bridgehead atoms. The number of nitrogens with one attached hydrogen (secondary N) is 1. The van der Waals surface area contributed by atoms with Gasteiger partial charge in [-0.05, 0) is 29.8 Å². The summed E-state index contributed by atoms with van der Waals surface area (Å²) < 4.78 is 14.9. The average Bonchev–Trinajstić information content (AvgIpc) is 2.52. The van der Waals surface area contributed by atoms with Crippen LogP contribution in [0.4, 0.5) is 4.39 Å². The molecule has 22 heavy (non-hydrogen) atoms. The molecule has 6 heteroatoms. The predicted molar refractivity (Wildman–Crippen MR) is 91.6 cm³/mol. The van der Waals surface area contributed by atoms with Crippen LogP contribution in [-0.2, 0) is 6.54 Å². The van der Waals surface area contributed by atoms with Gasteiger partial charge in [0.25, 0.3) is 0 Å². The van der Waals surface area contributed by atoms with Crippen LogP contribution in [0.15, 0.2) is 47.2 Å². The van der Waals surface area contributed by atoms with Crippen LogP contribution < -0.4 is 5.32 Å². The normalized spacial score (nSPS) is 18.7. The third kappa shape index (κ3) is 4.04. The number of benzene rings is 1. The first-order valence-corrected chi connectivity index (χ1v) is 7.82. The zero-order chi connectivity index (χ0) is 14.7. The van der Waals surface area contributed by atoms with Gasteiger partial charge >= 0.3 is 0 Å². The highest BCUT2D eigenvalue weighted by Crippen LogP contribution is 2.25. The Morgan fingerprint density at radius 3 is 3.00 bits per heavy atom. The molecule has 0 aliphatic carbocycles. The van der Waals surface area contributed by atoms with Gasteiger partial charge in [-0.1, -0.05) is 22.0 Å². The molecule has 0 saturated carbocycles. The third-order valence-corrected chi connectivity index (χ3v) is 4.30. The van der Waals surface area contributed by atoms with Crippen molar-refractivity contribution in [2.24, 2.45) is 0 Å². The van der Waals surface area contributed by atoms with Crippen LogP contribution in [0.1, 0.15) is 17.2 Å². The lowest BCUT2D eigenvalue weighted by Gasteiger charge is -2.36. The molecule has 3 rings (SSSR count). The molecule has 1 aliphatic rings. The lowest BCUT2D eigenvalue weighted by Crippen LogP contribution is -2.45. The Kier molecular flexibility index (Phi) is 6.32. The van der Waals surface area contributed by atoms with Crippen molar-refractivity contribution in [1.29, 1.82) is 0 Å². The lowest BCUT2D eigenvalue weighted by atomic mass is 10.0. The van der Waals surface area contributed by atoms with Gasteiger partial charge in [0.1, 0.15) is 5.82 Å². The Morgan fingerprint density at radius 1 is 1.36 bits per heavy atom. The van der Waals surface area contributed by atoms with E-state index in [9.17, 15) is 4.39 Å². The highest BCUT2D eigenvalue weighted by molar-refractivity contribution is 9.10. The molecule has 0 amide bonds. The number of piperazine rings is 1. The van der Waals surface area contributed by atoms with E-state index >= 15 is 0 Å². The van der Waals surface area contributed by atoms with Gasteiger partial charge in [0.05, 0.1) is 0 Å². The fraction of sp³-hybridized carbons (Fsp3) is 0.312. The second kappa shape index (κ2) is 8.02. The Labute approximate surface area is 144 Å². The Morgan fingerprint density at radius 2 is 2.23 bits per heavy atom. The lowest BCUT2D eigenvalue weighted by molar-refractivity contribution is 0.151. The minimum atomic E-state index is -0.151. The molecule has 1 aromatic heterocycles. The van der Waals surface area contributed by atoms with Crippen LogP contribution in [0.3, 0.4) is 0 Å². The predicted octanol–water partition coefficient (Wildman–Crippen LogP) is 3.55. The molecule has 1 atom stereocenters. The number of halogens is 3. The molecule has 1 unspecified atom stereocenters. The molecule has 1 N–H and O–H groups in total. The molecule has 0 radical (unpaired) electrons. The molecular formula is C16H18BrClFN3. The van der Waals surface area contributed by atoms with E-state index < -0.39 is 0 Å². The van der Waals surface area contributed by atoms with Crippen molar-refractivity contribution in [3.8, 4) is 0 Å². The highest BCUT2D eigenvalue weighted by Gasteiger charge is 2.24. The molecule has 0 spiro atoms. The van der Waals surface area contributed by atoms with Crippen molar-refractivity contribution < 1.29 is 4.39 Å². The minimum absolute atomic E-state index is 0. The summed E-state index contributed by atoms with van der Waals surface area (Å²) in [6, 6.07) is 9.36. The molecule has 1 aliphatic heterocycles. The van der Waals surface area contributed by atoms with E-state index in [0.29, 0.717) is 6.54 Å². The first kappa shape index (κ1) is 17.3. The molecule has 118 valence electrons. The maximum atomic E-state index is 14.0. The standard InChI is InChI=1S/C16H17BrFN3.ClH/c17-14-3-4-15(18)13(8-14)11-21-7-6-20-10-16(21)12-2-1-5-19-9-12;/h1-5,8-9,16,20H,6-7,10-11H2;1H. The molecule has 3 nitrogen and oxygen atoms in total. The van der Waals surface area contributed by atoms with E-state index in [1.165, 1.54) is 11.6 Å². The van der Waals surface area contributed by atoms with Crippen LogP contribution in [0, 0.1) is 5.82 Å². The molecule has 1 aromatic carbocycles. The van der Waals surface area contributed by atoms with E-state index in [1.54, 1.807) is 12.3 Å². The molecular weight excluding hydrogens is 369 g/mol. The smallest absolute Gasteiger partial charge is 0.127 e. The van der Waals surface area contributed by atoms with Crippen molar-refractivity contribution in [3.05, 3.63) is 64.1 Å². The number of nitrogens with zero attached hydrogens (tertiary/aromatic N) is 2. The molecule has 2 heterocycles. The van der Waals surface area contributed by atoms with Crippen molar-refractivity contribution in [1.82, 2.24) is 15.2 Å². The highest BCUT2D eigenvalue weighted by atomic mass is 79.9. The average molecular weight is 387 g/mol. The number of hydrogen-bond donors (Lipinski definition) is 1. The number of rotatable bonds is 3. The molecule has 1 fully saturated rings. The van der Waals surface area contributed by atoms with E-state index in [2.05, 4.69) is 37.2 Å². The van der Waals surface area contributed by atoms with Gasteiger partial charge < -0.3 is 5.32 Å². The summed E-state index contributed by atoms with van der Waals surface area (Å²) in [5, 5.41) is 3.40. The summed E-state index contributed by atoms with van der Waals surface area (Å²) in [5.41, 5.74) is 1.89. The third-order valence-electron chi connectivity index (χ3n) is 3.80. The zero-order valence-electron chi connectivity index (χ0n) is 12.0. The fourth-order valence-electron chi connectivity index (χ4n) is 2.72. The summed E-state index contributed by atoms with van der Waals surface area (Å²) in [6.45, 7) is 3.28. The van der Waals surface area contributed by atoms with E-state index in [0.717, 1.165) is 29.7 Å². The van der Waals surface area contributed by atoms with Gasteiger partial charge in [0.15, 0.2) is 0 Å². The quantitative estimate of drug-likeness (QED) is 0.874.